The number of carbonyl (C=O) groups is 1. The van der Waals surface area contributed by atoms with Gasteiger partial charge < -0.3 is 19.2 Å². The van der Waals surface area contributed by atoms with Gasteiger partial charge in [-0.25, -0.2) is 4.79 Å². The van der Waals surface area contributed by atoms with E-state index in [2.05, 4.69) is 5.32 Å². The van der Waals surface area contributed by atoms with Gasteiger partial charge in [0.15, 0.2) is 11.5 Å². The molecule has 6 nitrogen and oxygen atoms in total. The van der Waals surface area contributed by atoms with Crippen LogP contribution in [0.25, 0.3) is 11.0 Å². The predicted molar refractivity (Wildman–Crippen MR) is 101 cm³/mol. The standard InChI is InChI=1S/C21H19NO5/c1-25-18-8-4-6-15-9-13(12-26-19(15)18)11-22-20(23)16-10-14-5-2-3-7-17(14)27-21(16)24/h2-8,10,13H,9,11-12H2,1H3,(H,22,23). The molecule has 1 aliphatic rings. The van der Waals surface area contributed by atoms with Crippen molar-refractivity contribution < 1.29 is 18.7 Å². The molecular weight excluding hydrogens is 346 g/mol. The van der Waals surface area contributed by atoms with Crippen LogP contribution in [-0.4, -0.2) is 26.2 Å². The SMILES string of the molecule is COc1cccc2c1OCC(CNC(=O)c1cc3ccccc3oc1=O)C2. The van der Waals surface area contributed by atoms with E-state index < -0.39 is 11.5 Å². The Balaban J connectivity index is 1.46. The lowest BCUT2D eigenvalue weighted by atomic mass is 9.96. The summed E-state index contributed by atoms with van der Waals surface area (Å²) in [4.78, 5) is 24.6. The average molecular weight is 365 g/mol. The number of hydrogen-bond acceptors (Lipinski definition) is 5. The van der Waals surface area contributed by atoms with Gasteiger partial charge in [0.05, 0.1) is 13.7 Å². The van der Waals surface area contributed by atoms with E-state index in [1.165, 1.54) is 0 Å². The molecule has 27 heavy (non-hydrogen) atoms. The lowest BCUT2D eigenvalue weighted by molar-refractivity contribution is 0.0935. The third kappa shape index (κ3) is 3.38. The summed E-state index contributed by atoms with van der Waals surface area (Å²) in [7, 11) is 1.61. The van der Waals surface area contributed by atoms with Crippen molar-refractivity contribution >= 4 is 16.9 Å². The van der Waals surface area contributed by atoms with Crippen LogP contribution >= 0.6 is 0 Å². The largest absolute Gasteiger partial charge is 0.493 e. The van der Waals surface area contributed by atoms with Crippen LogP contribution in [0.5, 0.6) is 11.5 Å². The van der Waals surface area contributed by atoms with Crippen LogP contribution in [0, 0.1) is 5.92 Å². The molecule has 1 unspecified atom stereocenters. The summed E-state index contributed by atoms with van der Waals surface area (Å²) < 4.78 is 16.4. The molecule has 0 saturated carbocycles. The zero-order valence-corrected chi connectivity index (χ0v) is 14.9. The molecule has 3 aromatic rings. The number of para-hydroxylation sites is 2. The summed E-state index contributed by atoms with van der Waals surface area (Å²) in [5, 5.41) is 3.54. The Morgan fingerprint density at radius 1 is 1.22 bits per heavy atom. The Labute approximate surface area is 155 Å². The summed E-state index contributed by atoms with van der Waals surface area (Å²) in [6.07, 6.45) is 0.763. The van der Waals surface area contributed by atoms with Crippen molar-refractivity contribution in [1.29, 1.82) is 0 Å². The number of amides is 1. The Morgan fingerprint density at radius 3 is 2.93 bits per heavy atom. The zero-order valence-electron chi connectivity index (χ0n) is 14.9. The Kier molecular flexibility index (Phi) is 4.54. The van der Waals surface area contributed by atoms with Crippen LogP contribution < -0.4 is 20.4 Å². The maximum atomic E-state index is 12.5. The fourth-order valence-electron chi connectivity index (χ4n) is 3.30. The van der Waals surface area contributed by atoms with Crippen LogP contribution in [0.4, 0.5) is 0 Å². The molecule has 6 heteroatoms. The van der Waals surface area contributed by atoms with Crippen molar-refractivity contribution in [2.75, 3.05) is 20.3 Å². The highest BCUT2D eigenvalue weighted by molar-refractivity contribution is 5.96. The smallest absolute Gasteiger partial charge is 0.349 e. The van der Waals surface area contributed by atoms with Crippen molar-refractivity contribution in [2.45, 2.75) is 6.42 Å². The summed E-state index contributed by atoms with van der Waals surface area (Å²) in [6, 6.07) is 14.4. The second-order valence-corrected chi connectivity index (χ2v) is 6.53. The minimum atomic E-state index is -0.638. The van der Waals surface area contributed by atoms with Gasteiger partial charge >= 0.3 is 5.63 Å². The molecule has 0 bridgehead atoms. The number of carbonyl (C=O) groups excluding carboxylic acids is 1. The van der Waals surface area contributed by atoms with E-state index in [9.17, 15) is 9.59 Å². The van der Waals surface area contributed by atoms with E-state index in [1.807, 2.05) is 24.3 Å². The van der Waals surface area contributed by atoms with E-state index in [-0.39, 0.29) is 11.5 Å². The molecule has 1 aliphatic heterocycles. The van der Waals surface area contributed by atoms with Gasteiger partial charge in [0, 0.05) is 17.8 Å². The van der Waals surface area contributed by atoms with E-state index in [0.29, 0.717) is 29.9 Å². The number of benzene rings is 2. The number of methoxy groups -OCH3 is 1. The van der Waals surface area contributed by atoms with Gasteiger partial charge in [-0.2, -0.15) is 0 Å². The highest BCUT2D eigenvalue weighted by Gasteiger charge is 2.23. The van der Waals surface area contributed by atoms with Gasteiger partial charge in [-0.05, 0) is 30.2 Å². The number of nitrogens with one attached hydrogen (secondary N) is 1. The maximum Gasteiger partial charge on any atom is 0.349 e. The molecular formula is C21H19NO5. The second-order valence-electron chi connectivity index (χ2n) is 6.53. The highest BCUT2D eigenvalue weighted by Crippen LogP contribution is 2.35. The molecule has 1 amide bonds. The minimum Gasteiger partial charge on any atom is -0.493 e. The first kappa shape index (κ1) is 17.1. The van der Waals surface area contributed by atoms with Crippen molar-refractivity contribution in [3.8, 4) is 11.5 Å². The Bertz CT molecular complexity index is 1060. The van der Waals surface area contributed by atoms with Gasteiger partial charge in [0.2, 0.25) is 0 Å². The van der Waals surface area contributed by atoms with Crippen molar-refractivity contribution in [2.24, 2.45) is 5.92 Å². The monoisotopic (exact) mass is 365 g/mol. The normalized spacial score (nSPS) is 15.7. The van der Waals surface area contributed by atoms with E-state index in [4.69, 9.17) is 13.9 Å². The quantitative estimate of drug-likeness (QED) is 0.720. The van der Waals surface area contributed by atoms with Gasteiger partial charge in [-0.3, -0.25) is 4.79 Å². The predicted octanol–water partition coefficient (Wildman–Crippen LogP) is 2.78. The maximum absolute atomic E-state index is 12.5. The van der Waals surface area contributed by atoms with E-state index >= 15 is 0 Å². The van der Waals surface area contributed by atoms with Gasteiger partial charge in [0.1, 0.15) is 11.1 Å². The van der Waals surface area contributed by atoms with Crippen LogP contribution in [0.15, 0.2) is 57.7 Å². The highest BCUT2D eigenvalue weighted by atomic mass is 16.5. The number of ether oxygens (including phenoxy) is 2. The molecule has 4 rings (SSSR count). The molecule has 2 heterocycles. The Morgan fingerprint density at radius 2 is 2.07 bits per heavy atom. The molecule has 0 radical (unpaired) electrons. The first-order valence-corrected chi connectivity index (χ1v) is 8.75. The molecule has 138 valence electrons. The third-order valence-corrected chi connectivity index (χ3v) is 4.69. The summed E-state index contributed by atoms with van der Waals surface area (Å²) in [6.45, 7) is 0.877. The van der Waals surface area contributed by atoms with E-state index in [1.54, 1.807) is 31.4 Å². The van der Waals surface area contributed by atoms with Crippen LogP contribution in [0.1, 0.15) is 15.9 Å². The lowest BCUT2D eigenvalue weighted by Crippen LogP contribution is -2.36. The topological polar surface area (TPSA) is 77.8 Å². The first-order chi connectivity index (χ1) is 13.2. The fraction of sp³-hybridized carbons (Fsp3) is 0.238. The number of hydrogen-bond donors (Lipinski definition) is 1. The summed E-state index contributed by atoms with van der Waals surface area (Å²) >= 11 is 0. The molecule has 1 aromatic heterocycles. The molecule has 2 aromatic carbocycles. The molecule has 1 atom stereocenters. The van der Waals surface area contributed by atoms with Gasteiger partial charge in [0.25, 0.3) is 5.91 Å². The van der Waals surface area contributed by atoms with Crippen molar-refractivity contribution in [3.63, 3.8) is 0 Å². The molecule has 0 spiro atoms. The van der Waals surface area contributed by atoms with Crippen LogP contribution in [-0.2, 0) is 6.42 Å². The van der Waals surface area contributed by atoms with Gasteiger partial charge in [-0.1, -0.05) is 30.3 Å². The molecule has 0 saturated heterocycles. The molecule has 0 fully saturated rings. The lowest BCUT2D eigenvalue weighted by Gasteiger charge is -2.26. The fourth-order valence-corrected chi connectivity index (χ4v) is 3.30. The third-order valence-electron chi connectivity index (χ3n) is 4.69. The molecule has 1 N–H and O–H groups in total. The van der Waals surface area contributed by atoms with Crippen LogP contribution in [0.2, 0.25) is 0 Å². The van der Waals surface area contributed by atoms with Crippen LogP contribution in [0.3, 0.4) is 0 Å². The van der Waals surface area contributed by atoms with E-state index in [0.717, 1.165) is 17.7 Å². The molecule has 0 aliphatic carbocycles. The van der Waals surface area contributed by atoms with Gasteiger partial charge in [-0.15, -0.1) is 0 Å². The first-order valence-electron chi connectivity index (χ1n) is 8.75. The van der Waals surface area contributed by atoms with Crippen molar-refractivity contribution in [1.82, 2.24) is 5.32 Å². The second kappa shape index (κ2) is 7.15. The van der Waals surface area contributed by atoms with Crippen molar-refractivity contribution in [3.05, 3.63) is 70.1 Å². The number of fused-ring (bicyclic) bond motifs is 2. The Hall–Kier alpha value is -3.28. The average Bonchev–Trinajstić information content (AvgIpc) is 2.70. The summed E-state index contributed by atoms with van der Waals surface area (Å²) in [5.41, 5.74) is 0.879. The summed E-state index contributed by atoms with van der Waals surface area (Å²) in [5.74, 6) is 1.15. The number of rotatable bonds is 4. The zero-order chi connectivity index (χ0) is 18.8. The minimum absolute atomic E-state index is 0.00694.